The zero-order valence-electron chi connectivity index (χ0n) is 17.2. The molecule has 0 aliphatic carbocycles. The van der Waals surface area contributed by atoms with Gasteiger partial charge < -0.3 is 23.9 Å². The van der Waals surface area contributed by atoms with E-state index < -0.39 is 34.9 Å². The van der Waals surface area contributed by atoms with Crippen LogP contribution in [0.2, 0.25) is 0 Å². The standard InChI is InChI=1S/C22H20F2N4O4/c1-12-4-5-32-18-10-27-8-15(20(29)21(30)19(27)22(31)28(12)18)17-9-26(11-25-17)7-13-2-3-14(23)6-16(13)24/h2-3,6,8-9,11-12,18,30H,4-5,7,10H2,1H3/t12-,18?/m1/s1. The van der Waals surface area contributed by atoms with Gasteiger partial charge in [-0.2, -0.15) is 0 Å². The van der Waals surface area contributed by atoms with Crippen LogP contribution in [-0.2, 0) is 17.8 Å². The van der Waals surface area contributed by atoms with E-state index in [-0.39, 0.29) is 41.6 Å². The molecule has 1 amide bonds. The van der Waals surface area contributed by atoms with Crippen LogP contribution >= 0.6 is 0 Å². The van der Waals surface area contributed by atoms with Gasteiger partial charge in [0.15, 0.2) is 17.7 Å². The number of halogens is 2. The maximum atomic E-state index is 14.0. The lowest BCUT2D eigenvalue weighted by Crippen LogP contribution is -2.56. The Morgan fingerprint density at radius 1 is 1.25 bits per heavy atom. The summed E-state index contributed by atoms with van der Waals surface area (Å²) in [4.78, 5) is 31.6. The van der Waals surface area contributed by atoms with Gasteiger partial charge in [-0.25, -0.2) is 13.8 Å². The molecule has 10 heteroatoms. The summed E-state index contributed by atoms with van der Waals surface area (Å²) in [7, 11) is 0. The molecule has 1 saturated heterocycles. The second kappa shape index (κ2) is 7.56. The van der Waals surface area contributed by atoms with Crippen molar-refractivity contribution in [2.45, 2.75) is 38.7 Å². The van der Waals surface area contributed by atoms with Gasteiger partial charge in [0.25, 0.3) is 5.91 Å². The highest BCUT2D eigenvalue weighted by atomic mass is 19.1. The van der Waals surface area contributed by atoms with Crippen LogP contribution in [0.3, 0.4) is 0 Å². The minimum absolute atomic E-state index is 0.0632. The number of amides is 1. The van der Waals surface area contributed by atoms with Crippen LogP contribution in [-0.4, -0.2) is 48.9 Å². The van der Waals surface area contributed by atoms with E-state index in [4.69, 9.17) is 4.74 Å². The number of imidazole rings is 1. The van der Waals surface area contributed by atoms with Crippen molar-refractivity contribution >= 4 is 5.91 Å². The van der Waals surface area contributed by atoms with Gasteiger partial charge in [0.05, 0.1) is 37.3 Å². The number of hydrogen-bond donors (Lipinski definition) is 1. The lowest BCUT2D eigenvalue weighted by Gasteiger charge is -2.44. The van der Waals surface area contributed by atoms with E-state index in [0.29, 0.717) is 13.0 Å². The fraction of sp³-hybridized carbons (Fsp3) is 0.318. The van der Waals surface area contributed by atoms with E-state index in [1.807, 2.05) is 6.92 Å². The van der Waals surface area contributed by atoms with Crippen molar-refractivity contribution in [3.05, 3.63) is 70.0 Å². The van der Waals surface area contributed by atoms with Crippen LogP contribution < -0.4 is 5.43 Å². The lowest BCUT2D eigenvalue weighted by atomic mass is 10.1. The van der Waals surface area contributed by atoms with Crippen molar-refractivity contribution in [3.63, 3.8) is 0 Å². The third-order valence-electron chi connectivity index (χ3n) is 5.95. The summed E-state index contributed by atoms with van der Waals surface area (Å²) in [5.74, 6) is -2.44. The van der Waals surface area contributed by atoms with Gasteiger partial charge in [-0.05, 0) is 19.4 Å². The molecule has 32 heavy (non-hydrogen) atoms. The summed E-state index contributed by atoms with van der Waals surface area (Å²) in [5, 5.41) is 10.6. The quantitative estimate of drug-likeness (QED) is 0.673. The predicted octanol–water partition coefficient (Wildman–Crippen LogP) is 2.33. The first kappa shape index (κ1) is 20.4. The Bertz CT molecular complexity index is 1290. The second-order valence-electron chi connectivity index (χ2n) is 8.06. The van der Waals surface area contributed by atoms with Crippen LogP contribution in [0.4, 0.5) is 8.78 Å². The maximum Gasteiger partial charge on any atom is 0.276 e. The summed E-state index contributed by atoms with van der Waals surface area (Å²) < 4.78 is 35.9. The Kier molecular flexibility index (Phi) is 4.81. The van der Waals surface area contributed by atoms with Crippen molar-refractivity contribution in [2.24, 2.45) is 0 Å². The van der Waals surface area contributed by atoms with Gasteiger partial charge in [0, 0.05) is 30.1 Å². The normalized spacial score (nSPS) is 20.2. The van der Waals surface area contributed by atoms with Gasteiger partial charge >= 0.3 is 0 Å². The van der Waals surface area contributed by atoms with Crippen molar-refractivity contribution in [2.75, 3.05) is 6.61 Å². The molecule has 0 spiro atoms. The predicted molar refractivity (Wildman–Crippen MR) is 109 cm³/mol. The highest BCUT2D eigenvalue weighted by molar-refractivity contribution is 5.96. The van der Waals surface area contributed by atoms with Crippen molar-refractivity contribution in [1.82, 2.24) is 19.0 Å². The topological polar surface area (TPSA) is 89.6 Å². The molecule has 4 heterocycles. The summed E-state index contributed by atoms with van der Waals surface area (Å²) in [6.07, 6.45) is 4.63. The smallest absolute Gasteiger partial charge is 0.276 e. The van der Waals surface area contributed by atoms with E-state index in [9.17, 15) is 23.5 Å². The van der Waals surface area contributed by atoms with Gasteiger partial charge in [0.2, 0.25) is 5.43 Å². The monoisotopic (exact) mass is 442 g/mol. The van der Waals surface area contributed by atoms with Crippen molar-refractivity contribution in [3.8, 4) is 17.0 Å². The van der Waals surface area contributed by atoms with Crippen molar-refractivity contribution < 1.29 is 23.4 Å². The van der Waals surface area contributed by atoms with E-state index >= 15 is 0 Å². The fourth-order valence-electron chi connectivity index (χ4n) is 4.27. The average Bonchev–Trinajstić information content (AvgIpc) is 3.21. The number of ether oxygens (including phenoxy) is 1. The molecule has 166 valence electrons. The molecular formula is C22H20F2N4O4. The molecule has 8 nitrogen and oxygen atoms in total. The molecule has 2 atom stereocenters. The van der Waals surface area contributed by atoms with E-state index in [1.54, 1.807) is 9.47 Å². The first-order chi connectivity index (χ1) is 15.3. The number of pyridine rings is 1. The zero-order chi connectivity index (χ0) is 22.6. The Hall–Kier alpha value is -3.53. The fourth-order valence-corrected chi connectivity index (χ4v) is 4.27. The van der Waals surface area contributed by atoms with E-state index in [1.165, 1.54) is 35.4 Å². The first-order valence-corrected chi connectivity index (χ1v) is 10.2. The molecule has 1 unspecified atom stereocenters. The number of nitrogens with zero attached hydrogens (tertiary/aromatic N) is 4. The third-order valence-corrected chi connectivity index (χ3v) is 5.95. The molecule has 0 bridgehead atoms. The molecule has 3 aromatic rings. The molecule has 0 saturated carbocycles. The molecule has 1 aromatic carbocycles. The highest BCUT2D eigenvalue weighted by Gasteiger charge is 2.40. The summed E-state index contributed by atoms with van der Waals surface area (Å²) in [5.41, 5.74) is -0.160. The Labute approximate surface area is 181 Å². The Morgan fingerprint density at radius 2 is 2.06 bits per heavy atom. The molecule has 1 N–H and O–H groups in total. The number of hydrogen-bond acceptors (Lipinski definition) is 5. The van der Waals surface area contributed by atoms with Gasteiger partial charge in [0.1, 0.15) is 11.6 Å². The Morgan fingerprint density at radius 3 is 2.84 bits per heavy atom. The molecule has 5 rings (SSSR count). The number of carbonyl (C=O) groups excluding carboxylic acids is 1. The molecule has 1 fully saturated rings. The molecule has 0 radical (unpaired) electrons. The van der Waals surface area contributed by atoms with Crippen LogP contribution in [0, 0.1) is 11.6 Å². The summed E-state index contributed by atoms with van der Waals surface area (Å²) >= 11 is 0. The van der Waals surface area contributed by atoms with Gasteiger partial charge in [-0.1, -0.05) is 6.07 Å². The highest BCUT2D eigenvalue weighted by Crippen LogP contribution is 2.30. The van der Waals surface area contributed by atoms with E-state index in [0.717, 1.165) is 6.07 Å². The van der Waals surface area contributed by atoms with E-state index in [2.05, 4.69) is 4.98 Å². The average molecular weight is 442 g/mol. The van der Waals surface area contributed by atoms with Crippen LogP contribution in [0.15, 0.2) is 41.7 Å². The number of rotatable bonds is 3. The summed E-state index contributed by atoms with van der Waals surface area (Å²) in [6, 6.07) is 3.24. The number of aromatic nitrogens is 3. The van der Waals surface area contributed by atoms with Crippen LogP contribution in [0.5, 0.6) is 5.75 Å². The minimum Gasteiger partial charge on any atom is -0.503 e. The van der Waals surface area contributed by atoms with Crippen molar-refractivity contribution in [1.29, 1.82) is 0 Å². The Balaban J connectivity index is 1.50. The SMILES string of the molecule is C[C@@H]1CCOC2Cn3cc(-c4cn(Cc5ccc(F)cc5F)cn4)c(=O)c(O)c3C(=O)N21. The molecule has 2 aliphatic rings. The number of fused-ring (bicyclic) bond motifs is 2. The lowest BCUT2D eigenvalue weighted by molar-refractivity contribution is -0.112. The first-order valence-electron chi connectivity index (χ1n) is 10.2. The zero-order valence-corrected chi connectivity index (χ0v) is 17.2. The minimum atomic E-state index is -0.716. The van der Waals surface area contributed by atoms with Crippen LogP contribution in [0.1, 0.15) is 29.4 Å². The van der Waals surface area contributed by atoms with Gasteiger partial charge in [-0.15, -0.1) is 0 Å². The maximum absolute atomic E-state index is 14.0. The second-order valence-corrected chi connectivity index (χ2v) is 8.06. The number of carbonyl (C=O) groups is 1. The third kappa shape index (κ3) is 3.27. The molecule has 2 aliphatic heterocycles. The van der Waals surface area contributed by atoms with Crippen LogP contribution in [0.25, 0.3) is 11.3 Å². The number of benzene rings is 1. The number of aromatic hydroxyl groups is 1. The van der Waals surface area contributed by atoms with Gasteiger partial charge in [-0.3, -0.25) is 9.59 Å². The largest absolute Gasteiger partial charge is 0.503 e. The molecular weight excluding hydrogens is 422 g/mol. The molecule has 2 aromatic heterocycles. The summed E-state index contributed by atoms with van der Waals surface area (Å²) in [6.45, 7) is 2.78.